The summed E-state index contributed by atoms with van der Waals surface area (Å²) >= 11 is 0. The first-order valence-corrected chi connectivity index (χ1v) is 13.9. The van der Waals surface area contributed by atoms with E-state index in [2.05, 4.69) is 20.6 Å². The molecule has 2 fully saturated rings. The maximum atomic E-state index is 14.2. The molecule has 2 aromatic heterocycles. The van der Waals surface area contributed by atoms with Crippen LogP contribution in [0.5, 0.6) is 0 Å². The van der Waals surface area contributed by atoms with E-state index in [-0.39, 0.29) is 24.3 Å². The topological polar surface area (TPSA) is 110 Å². The number of carbonyl (C=O) groups is 1. The number of hydrogen-bond donors (Lipinski definition) is 2. The zero-order valence-electron chi connectivity index (χ0n) is 19.7. The van der Waals surface area contributed by atoms with Crippen molar-refractivity contribution in [2.75, 3.05) is 11.1 Å². The van der Waals surface area contributed by atoms with Gasteiger partial charge in [-0.3, -0.25) is 14.6 Å². The summed E-state index contributed by atoms with van der Waals surface area (Å²) in [4.78, 5) is 13.0. The van der Waals surface area contributed by atoms with Gasteiger partial charge in [0.15, 0.2) is 15.5 Å². The molecule has 11 heteroatoms. The standard InChI is InChI=1S/C25H27F2N5O3S/c1-24-12-18-17(11-20(24)25(24,26)27)21(31-30-18)23(33)29-16-13-28-32(14-16)22(15-7-3-2-4-8-15)19-9-5-6-10-36(19,34)35/h2-4,7-8,13-14,19-20,22H,5-6,9-12H2,1H3,(H,29,33)(H,30,31)/t19?,20-,22?,24-/m1/s1. The van der Waals surface area contributed by atoms with Crippen LogP contribution >= 0.6 is 0 Å². The molecule has 1 amide bonds. The molecule has 36 heavy (non-hydrogen) atoms. The zero-order valence-corrected chi connectivity index (χ0v) is 20.6. The lowest BCUT2D eigenvalue weighted by Crippen LogP contribution is -2.37. The van der Waals surface area contributed by atoms with E-state index >= 15 is 0 Å². The van der Waals surface area contributed by atoms with E-state index in [0.29, 0.717) is 29.8 Å². The van der Waals surface area contributed by atoms with Gasteiger partial charge >= 0.3 is 0 Å². The van der Waals surface area contributed by atoms with E-state index in [1.807, 2.05) is 30.3 Å². The van der Waals surface area contributed by atoms with Gasteiger partial charge in [-0.2, -0.15) is 10.2 Å². The maximum Gasteiger partial charge on any atom is 0.276 e. The molecule has 0 bridgehead atoms. The third-order valence-corrected chi connectivity index (χ3v) is 10.5. The average Bonchev–Trinajstić information content (AvgIpc) is 3.26. The van der Waals surface area contributed by atoms with E-state index in [1.165, 1.54) is 6.20 Å². The van der Waals surface area contributed by atoms with Crippen LogP contribution in [0.15, 0.2) is 42.7 Å². The van der Waals surface area contributed by atoms with Gasteiger partial charge in [0.25, 0.3) is 11.8 Å². The minimum absolute atomic E-state index is 0.104. The van der Waals surface area contributed by atoms with Crippen molar-refractivity contribution in [1.82, 2.24) is 20.0 Å². The van der Waals surface area contributed by atoms with Crippen LogP contribution in [0.4, 0.5) is 14.5 Å². The molecular weight excluding hydrogens is 488 g/mol. The fourth-order valence-electron chi connectivity index (χ4n) is 6.06. The lowest BCUT2D eigenvalue weighted by Gasteiger charge is -2.30. The molecule has 2 N–H and O–H groups in total. The number of amides is 1. The number of fused-ring (bicyclic) bond motifs is 2. The molecule has 190 valence electrons. The molecule has 4 atom stereocenters. The van der Waals surface area contributed by atoms with Crippen molar-refractivity contribution >= 4 is 21.4 Å². The first kappa shape index (κ1) is 23.3. The van der Waals surface area contributed by atoms with Crippen molar-refractivity contribution in [2.24, 2.45) is 11.3 Å². The number of anilines is 1. The summed E-state index contributed by atoms with van der Waals surface area (Å²) in [5.74, 6) is -3.89. The zero-order chi connectivity index (χ0) is 25.3. The Balaban J connectivity index is 1.26. The Morgan fingerprint density at radius 1 is 1.25 bits per heavy atom. The molecule has 8 nitrogen and oxygen atoms in total. The minimum Gasteiger partial charge on any atom is -0.318 e. The third kappa shape index (κ3) is 3.50. The summed E-state index contributed by atoms with van der Waals surface area (Å²) in [6, 6.07) is 8.82. The Bertz CT molecular complexity index is 1430. The highest BCUT2D eigenvalue weighted by Crippen LogP contribution is 2.70. The van der Waals surface area contributed by atoms with E-state index in [1.54, 1.807) is 17.8 Å². The molecule has 2 unspecified atom stereocenters. The molecule has 1 saturated heterocycles. The summed E-state index contributed by atoms with van der Waals surface area (Å²) in [5, 5.41) is 13.5. The molecule has 3 heterocycles. The monoisotopic (exact) mass is 515 g/mol. The summed E-state index contributed by atoms with van der Waals surface area (Å²) in [7, 11) is -3.32. The van der Waals surface area contributed by atoms with Gasteiger partial charge < -0.3 is 5.32 Å². The van der Waals surface area contributed by atoms with Gasteiger partial charge in [0, 0.05) is 35.2 Å². The third-order valence-electron chi connectivity index (χ3n) is 8.27. The number of hydrogen-bond acceptors (Lipinski definition) is 5. The van der Waals surface area contributed by atoms with Crippen molar-refractivity contribution in [2.45, 2.75) is 56.2 Å². The van der Waals surface area contributed by atoms with Crippen LogP contribution in [-0.4, -0.2) is 51.2 Å². The van der Waals surface area contributed by atoms with E-state index in [0.717, 1.165) is 12.0 Å². The van der Waals surface area contributed by atoms with Crippen LogP contribution in [0.2, 0.25) is 0 Å². The molecule has 1 aromatic carbocycles. The Morgan fingerprint density at radius 2 is 2.03 bits per heavy atom. The normalized spacial score (nSPS) is 28.5. The number of nitrogens with one attached hydrogen (secondary N) is 2. The first-order chi connectivity index (χ1) is 17.1. The summed E-state index contributed by atoms with van der Waals surface area (Å²) in [6.07, 6.45) is 5.36. The SMILES string of the molecule is C[C@@]12Cc3[nH]nc(C(=O)Nc4cnn(C(c5ccccc5)C5CCCCS5(=O)=O)c4)c3C[C@H]1C2(F)F. The van der Waals surface area contributed by atoms with Gasteiger partial charge in [-0.05, 0) is 24.8 Å². The van der Waals surface area contributed by atoms with Gasteiger partial charge in [0.05, 0.1) is 28.9 Å². The number of aromatic nitrogens is 4. The second-order valence-corrected chi connectivity index (χ2v) is 12.8. The van der Waals surface area contributed by atoms with Crippen LogP contribution < -0.4 is 5.32 Å². The van der Waals surface area contributed by atoms with Crippen LogP contribution in [-0.2, 0) is 22.7 Å². The lowest BCUT2D eigenvalue weighted by atomic mass is 9.87. The Labute approximate surface area is 207 Å². The Kier molecular flexibility index (Phi) is 5.16. The van der Waals surface area contributed by atoms with Crippen LogP contribution in [0.3, 0.4) is 0 Å². The molecule has 1 saturated carbocycles. The van der Waals surface area contributed by atoms with E-state index in [4.69, 9.17) is 0 Å². The highest BCUT2D eigenvalue weighted by molar-refractivity contribution is 7.92. The molecule has 0 spiro atoms. The fraction of sp³-hybridized carbons (Fsp3) is 0.480. The molecule has 3 aromatic rings. The maximum absolute atomic E-state index is 14.2. The summed E-state index contributed by atoms with van der Waals surface area (Å²) < 4.78 is 56.0. The van der Waals surface area contributed by atoms with Gasteiger partial charge in [-0.15, -0.1) is 0 Å². The van der Waals surface area contributed by atoms with Gasteiger partial charge in [-0.1, -0.05) is 43.7 Å². The summed E-state index contributed by atoms with van der Waals surface area (Å²) in [6.45, 7) is 1.57. The number of H-pyrrole nitrogens is 1. The smallest absolute Gasteiger partial charge is 0.276 e. The molecular formula is C25H27F2N5O3S. The van der Waals surface area contributed by atoms with Crippen LogP contribution in [0.1, 0.15) is 59.5 Å². The number of aromatic amines is 1. The number of sulfone groups is 1. The average molecular weight is 516 g/mol. The van der Waals surface area contributed by atoms with Crippen molar-refractivity contribution < 1.29 is 22.0 Å². The molecule has 2 aliphatic carbocycles. The fourth-order valence-corrected chi connectivity index (χ4v) is 8.17. The number of benzene rings is 1. The predicted octanol–water partition coefficient (Wildman–Crippen LogP) is 3.79. The van der Waals surface area contributed by atoms with Crippen LogP contribution in [0.25, 0.3) is 0 Å². The van der Waals surface area contributed by atoms with Crippen molar-refractivity contribution in [3.05, 3.63) is 65.2 Å². The molecule has 1 aliphatic heterocycles. The van der Waals surface area contributed by atoms with E-state index < -0.39 is 44.3 Å². The largest absolute Gasteiger partial charge is 0.318 e. The summed E-state index contributed by atoms with van der Waals surface area (Å²) in [5.41, 5.74) is 1.35. The number of carbonyl (C=O) groups excluding carboxylic acids is 1. The number of alkyl halides is 2. The first-order valence-electron chi connectivity index (χ1n) is 12.2. The van der Waals surface area contributed by atoms with Gasteiger partial charge in [0.1, 0.15) is 0 Å². The second kappa shape index (κ2) is 7.96. The highest BCUT2D eigenvalue weighted by atomic mass is 32.2. The predicted molar refractivity (Wildman–Crippen MR) is 129 cm³/mol. The number of rotatable bonds is 5. The van der Waals surface area contributed by atoms with E-state index in [9.17, 15) is 22.0 Å². The number of nitrogens with zero attached hydrogens (tertiary/aromatic N) is 3. The lowest BCUT2D eigenvalue weighted by molar-refractivity contribution is 0.0630. The van der Waals surface area contributed by atoms with Crippen molar-refractivity contribution in [1.29, 1.82) is 0 Å². The second-order valence-electron chi connectivity index (χ2n) is 10.4. The minimum atomic E-state index is -3.32. The molecule has 6 rings (SSSR count). The quantitative estimate of drug-likeness (QED) is 0.537. The number of halogens is 2. The molecule has 0 radical (unpaired) electrons. The highest BCUT2D eigenvalue weighted by Gasteiger charge is 2.78. The van der Waals surface area contributed by atoms with Crippen molar-refractivity contribution in [3.8, 4) is 0 Å². The van der Waals surface area contributed by atoms with Gasteiger partial charge in [-0.25, -0.2) is 17.2 Å². The van der Waals surface area contributed by atoms with Gasteiger partial charge in [0.2, 0.25) is 0 Å². The molecule has 3 aliphatic rings. The Morgan fingerprint density at radius 3 is 2.78 bits per heavy atom. The van der Waals surface area contributed by atoms with Crippen LogP contribution in [0, 0.1) is 11.3 Å². The van der Waals surface area contributed by atoms with Crippen molar-refractivity contribution in [3.63, 3.8) is 0 Å². The Hall–Kier alpha value is -3.08.